The molecule has 0 spiro atoms. The van der Waals surface area contributed by atoms with Gasteiger partial charge in [-0.15, -0.1) is 0 Å². The number of methoxy groups -OCH3 is 2. The number of rotatable bonds is 7. The summed E-state index contributed by atoms with van der Waals surface area (Å²) in [5.41, 5.74) is 0.515. The van der Waals surface area contributed by atoms with Crippen LogP contribution < -0.4 is 14.2 Å². The van der Waals surface area contributed by atoms with Crippen molar-refractivity contribution in [1.29, 1.82) is 0 Å². The standard InChI is InChI=1S/C20H21F2N3O5/c1-27-19-13(10-23-20(24-19)28-2)3-6-18(26)25-7-8-29-15(11-25)12-30-17-9-14(21)4-5-16(17)22/h3-6,9-10,15H,7-8,11-12H2,1-2H3. The van der Waals surface area contributed by atoms with Gasteiger partial charge in [0.25, 0.3) is 0 Å². The van der Waals surface area contributed by atoms with E-state index in [4.69, 9.17) is 18.9 Å². The molecule has 30 heavy (non-hydrogen) atoms. The monoisotopic (exact) mass is 421 g/mol. The number of morpholine rings is 1. The van der Waals surface area contributed by atoms with E-state index in [1.54, 1.807) is 11.0 Å². The highest BCUT2D eigenvalue weighted by Gasteiger charge is 2.24. The van der Waals surface area contributed by atoms with Crippen molar-refractivity contribution in [1.82, 2.24) is 14.9 Å². The molecule has 8 nitrogen and oxygen atoms in total. The summed E-state index contributed by atoms with van der Waals surface area (Å²) in [5, 5.41) is 0. The van der Waals surface area contributed by atoms with E-state index in [1.807, 2.05) is 0 Å². The lowest BCUT2D eigenvalue weighted by molar-refractivity contribution is -0.134. The predicted molar refractivity (Wildman–Crippen MR) is 102 cm³/mol. The third-order valence-electron chi connectivity index (χ3n) is 4.31. The molecule has 0 N–H and O–H groups in total. The second-order valence-corrected chi connectivity index (χ2v) is 6.32. The van der Waals surface area contributed by atoms with Gasteiger partial charge in [0.05, 0.1) is 32.9 Å². The van der Waals surface area contributed by atoms with Crippen LogP contribution in [0.5, 0.6) is 17.6 Å². The lowest BCUT2D eigenvalue weighted by Gasteiger charge is -2.32. The van der Waals surface area contributed by atoms with Crippen molar-refractivity contribution >= 4 is 12.0 Å². The first-order valence-corrected chi connectivity index (χ1v) is 9.11. The average Bonchev–Trinajstić information content (AvgIpc) is 2.78. The van der Waals surface area contributed by atoms with Crippen molar-refractivity contribution in [2.75, 3.05) is 40.5 Å². The average molecular weight is 421 g/mol. The molecule has 1 atom stereocenters. The van der Waals surface area contributed by atoms with Crippen LogP contribution in [0.2, 0.25) is 0 Å². The molecule has 1 aromatic heterocycles. The van der Waals surface area contributed by atoms with Crippen molar-refractivity contribution in [3.8, 4) is 17.6 Å². The number of benzene rings is 1. The summed E-state index contributed by atoms with van der Waals surface area (Å²) in [6, 6.07) is 3.12. The van der Waals surface area contributed by atoms with Crippen LogP contribution in [-0.2, 0) is 9.53 Å². The minimum absolute atomic E-state index is 0.0198. The Hall–Kier alpha value is -3.27. The van der Waals surface area contributed by atoms with E-state index in [2.05, 4.69) is 9.97 Å². The molecule has 160 valence electrons. The first kappa shape index (κ1) is 21.4. The number of carbonyl (C=O) groups is 1. The summed E-state index contributed by atoms with van der Waals surface area (Å²) < 4.78 is 47.9. The molecule has 10 heteroatoms. The Kier molecular flexibility index (Phi) is 7.12. The van der Waals surface area contributed by atoms with Crippen molar-refractivity contribution in [3.63, 3.8) is 0 Å². The second-order valence-electron chi connectivity index (χ2n) is 6.32. The van der Waals surface area contributed by atoms with E-state index in [-0.39, 0.29) is 36.7 Å². The first-order chi connectivity index (χ1) is 14.5. The Morgan fingerprint density at radius 3 is 2.93 bits per heavy atom. The maximum atomic E-state index is 13.7. The van der Waals surface area contributed by atoms with Crippen molar-refractivity contribution in [3.05, 3.63) is 47.7 Å². The summed E-state index contributed by atoms with van der Waals surface area (Å²) in [6.45, 7) is 0.919. The van der Waals surface area contributed by atoms with Gasteiger partial charge in [-0.05, 0) is 18.2 Å². The molecule has 1 aliphatic rings. The van der Waals surface area contributed by atoms with E-state index in [1.165, 1.54) is 26.5 Å². The fourth-order valence-electron chi connectivity index (χ4n) is 2.79. The topological polar surface area (TPSA) is 83.0 Å². The zero-order valence-corrected chi connectivity index (χ0v) is 16.5. The Bertz CT molecular complexity index is 925. The maximum Gasteiger partial charge on any atom is 0.319 e. The lowest BCUT2D eigenvalue weighted by Crippen LogP contribution is -2.47. The molecule has 2 aromatic rings. The largest absolute Gasteiger partial charge is 0.488 e. The van der Waals surface area contributed by atoms with E-state index >= 15 is 0 Å². The number of aromatic nitrogens is 2. The fourth-order valence-corrected chi connectivity index (χ4v) is 2.79. The molecule has 0 bridgehead atoms. The van der Waals surface area contributed by atoms with Crippen molar-refractivity contribution in [2.45, 2.75) is 6.10 Å². The zero-order chi connectivity index (χ0) is 21.5. The molecule has 1 saturated heterocycles. The fraction of sp³-hybridized carbons (Fsp3) is 0.350. The number of ether oxygens (including phenoxy) is 4. The molecule has 1 amide bonds. The zero-order valence-electron chi connectivity index (χ0n) is 16.5. The van der Waals surface area contributed by atoms with Crippen molar-refractivity contribution in [2.24, 2.45) is 0 Å². The van der Waals surface area contributed by atoms with Crippen LogP contribution in [0.3, 0.4) is 0 Å². The van der Waals surface area contributed by atoms with Gasteiger partial charge in [0.2, 0.25) is 11.8 Å². The summed E-state index contributed by atoms with van der Waals surface area (Å²) in [6.07, 6.45) is 3.93. The van der Waals surface area contributed by atoms with Gasteiger partial charge in [-0.1, -0.05) is 0 Å². The van der Waals surface area contributed by atoms with Crippen LogP contribution in [0.15, 0.2) is 30.5 Å². The van der Waals surface area contributed by atoms with E-state index in [0.717, 1.165) is 18.2 Å². The summed E-state index contributed by atoms with van der Waals surface area (Å²) in [7, 11) is 2.89. The molecule has 3 rings (SSSR count). The number of carbonyl (C=O) groups excluding carboxylic acids is 1. The minimum Gasteiger partial charge on any atom is -0.488 e. The summed E-state index contributed by atoms with van der Waals surface area (Å²) >= 11 is 0. The molecule has 1 fully saturated rings. The van der Waals surface area contributed by atoms with Gasteiger partial charge in [-0.25, -0.2) is 13.8 Å². The highest BCUT2D eigenvalue weighted by molar-refractivity contribution is 5.92. The highest BCUT2D eigenvalue weighted by Crippen LogP contribution is 2.20. The molecular formula is C20H21F2N3O5. The Balaban J connectivity index is 1.59. The molecule has 0 aliphatic carbocycles. The smallest absolute Gasteiger partial charge is 0.319 e. The highest BCUT2D eigenvalue weighted by atomic mass is 19.1. The number of amides is 1. The molecule has 2 heterocycles. The predicted octanol–water partition coefficient (Wildman–Crippen LogP) is 2.09. The minimum atomic E-state index is -0.668. The normalized spacial score (nSPS) is 16.5. The maximum absolute atomic E-state index is 13.7. The van der Waals surface area contributed by atoms with E-state index in [0.29, 0.717) is 18.7 Å². The SMILES string of the molecule is COc1ncc(C=CC(=O)N2CCOC(COc3cc(F)ccc3F)C2)c(OC)n1. The molecular weight excluding hydrogens is 400 g/mol. The van der Waals surface area contributed by atoms with Gasteiger partial charge in [0, 0.05) is 24.9 Å². The van der Waals surface area contributed by atoms with Gasteiger partial charge in [-0.3, -0.25) is 4.79 Å². The van der Waals surface area contributed by atoms with Gasteiger partial charge in [0.1, 0.15) is 18.5 Å². The third-order valence-corrected chi connectivity index (χ3v) is 4.31. The summed E-state index contributed by atoms with van der Waals surface area (Å²) in [5.74, 6) is -1.45. The number of hydrogen-bond donors (Lipinski definition) is 0. The van der Waals surface area contributed by atoms with Crippen LogP contribution in [0.4, 0.5) is 8.78 Å². The lowest BCUT2D eigenvalue weighted by atomic mass is 10.2. The Morgan fingerprint density at radius 1 is 1.33 bits per heavy atom. The van der Waals surface area contributed by atoms with Crippen LogP contribution in [-0.4, -0.2) is 67.4 Å². The second kappa shape index (κ2) is 9.97. The summed E-state index contributed by atoms with van der Waals surface area (Å²) in [4.78, 5) is 22.2. The quantitative estimate of drug-likeness (QED) is 0.633. The first-order valence-electron chi connectivity index (χ1n) is 9.11. The number of halogens is 2. The van der Waals surface area contributed by atoms with Crippen LogP contribution >= 0.6 is 0 Å². The molecule has 0 saturated carbocycles. The Labute approximate surface area is 172 Å². The van der Waals surface area contributed by atoms with Gasteiger partial charge >= 0.3 is 6.01 Å². The third kappa shape index (κ3) is 5.41. The Morgan fingerprint density at radius 2 is 2.17 bits per heavy atom. The van der Waals surface area contributed by atoms with Gasteiger partial charge in [0.15, 0.2) is 11.6 Å². The van der Waals surface area contributed by atoms with Gasteiger partial charge < -0.3 is 23.8 Å². The van der Waals surface area contributed by atoms with Crippen LogP contribution in [0.25, 0.3) is 6.08 Å². The molecule has 1 aromatic carbocycles. The van der Waals surface area contributed by atoms with Crippen molar-refractivity contribution < 1.29 is 32.5 Å². The molecule has 1 aliphatic heterocycles. The van der Waals surface area contributed by atoms with Crippen LogP contribution in [0, 0.1) is 11.6 Å². The number of nitrogens with zero attached hydrogens (tertiary/aromatic N) is 3. The van der Waals surface area contributed by atoms with E-state index < -0.39 is 17.7 Å². The molecule has 0 radical (unpaired) electrons. The number of hydrogen-bond acceptors (Lipinski definition) is 7. The van der Waals surface area contributed by atoms with Gasteiger partial charge in [-0.2, -0.15) is 4.98 Å². The van der Waals surface area contributed by atoms with Crippen LogP contribution in [0.1, 0.15) is 5.56 Å². The van der Waals surface area contributed by atoms with E-state index in [9.17, 15) is 13.6 Å². The molecule has 1 unspecified atom stereocenters.